The first-order chi connectivity index (χ1) is 8.65. The van der Waals surface area contributed by atoms with Gasteiger partial charge in [0.05, 0.1) is 5.02 Å². The molecule has 0 unspecified atom stereocenters. The van der Waals surface area contributed by atoms with Gasteiger partial charge in [0.2, 0.25) is 0 Å². The molecule has 1 aliphatic rings. The quantitative estimate of drug-likeness (QED) is 0.905. The lowest BCUT2D eigenvalue weighted by Crippen LogP contribution is -2.34. The van der Waals surface area contributed by atoms with Crippen molar-refractivity contribution < 1.29 is 4.39 Å². The molecule has 1 heterocycles. The molecule has 0 aliphatic carbocycles. The third kappa shape index (κ3) is 3.94. The van der Waals surface area contributed by atoms with Gasteiger partial charge in [-0.25, -0.2) is 4.39 Å². The first-order valence-corrected chi connectivity index (χ1v) is 6.86. The molecule has 0 saturated carbocycles. The van der Waals surface area contributed by atoms with E-state index in [0.717, 1.165) is 37.7 Å². The van der Waals surface area contributed by atoms with Crippen LogP contribution in [0.4, 0.5) is 4.39 Å². The highest BCUT2D eigenvalue weighted by atomic mass is 35.5. The van der Waals surface area contributed by atoms with Gasteiger partial charge in [-0.15, -0.1) is 0 Å². The zero-order chi connectivity index (χ0) is 13.0. The molecule has 0 bridgehead atoms. The molecule has 18 heavy (non-hydrogen) atoms. The van der Waals surface area contributed by atoms with Crippen molar-refractivity contribution in [1.82, 2.24) is 10.2 Å². The summed E-state index contributed by atoms with van der Waals surface area (Å²) in [6.07, 6.45) is 2.49. The average molecular weight is 271 g/mol. The predicted molar refractivity (Wildman–Crippen MR) is 73.3 cm³/mol. The van der Waals surface area contributed by atoms with Gasteiger partial charge in [-0.1, -0.05) is 17.7 Å². The summed E-state index contributed by atoms with van der Waals surface area (Å²) in [4.78, 5) is 2.29. The summed E-state index contributed by atoms with van der Waals surface area (Å²) in [7, 11) is 2.11. The van der Waals surface area contributed by atoms with Crippen LogP contribution < -0.4 is 5.32 Å². The van der Waals surface area contributed by atoms with Crippen molar-refractivity contribution in [3.8, 4) is 0 Å². The summed E-state index contributed by atoms with van der Waals surface area (Å²) < 4.78 is 13.1. The summed E-state index contributed by atoms with van der Waals surface area (Å²) in [6.45, 7) is 4.17. The van der Waals surface area contributed by atoms with E-state index in [1.807, 2.05) is 0 Å². The molecule has 1 fully saturated rings. The van der Waals surface area contributed by atoms with Crippen LogP contribution in [0.25, 0.3) is 0 Å². The first-order valence-electron chi connectivity index (χ1n) is 6.48. The van der Waals surface area contributed by atoms with Crippen LogP contribution in [0.5, 0.6) is 0 Å². The highest BCUT2D eigenvalue weighted by Gasteiger charge is 2.15. The molecule has 0 spiro atoms. The Morgan fingerprint density at radius 2 is 2.11 bits per heavy atom. The Balaban J connectivity index is 1.85. The fraction of sp³-hybridized carbons (Fsp3) is 0.571. The van der Waals surface area contributed by atoms with Crippen molar-refractivity contribution in [3.05, 3.63) is 34.6 Å². The van der Waals surface area contributed by atoms with E-state index >= 15 is 0 Å². The second-order valence-electron chi connectivity index (χ2n) is 5.14. The topological polar surface area (TPSA) is 15.3 Å². The predicted octanol–water partition coefficient (Wildman–Crippen LogP) is 2.91. The molecule has 1 saturated heterocycles. The SMILES string of the molecule is CN(Cc1ccc(F)c(Cl)c1)CC1CCNCC1. The minimum atomic E-state index is -0.346. The molecule has 1 aromatic rings. The van der Waals surface area contributed by atoms with E-state index in [9.17, 15) is 4.39 Å². The molecule has 0 aromatic heterocycles. The van der Waals surface area contributed by atoms with Crippen LogP contribution >= 0.6 is 11.6 Å². The number of benzene rings is 1. The number of rotatable bonds is 4. The van der Waals surface area contributed by atoms with Crippen LogP contribution in [0.15, 0.2) is 18.2 Å². The molecule has 4 heteroatoms. The first kappa shape index (κ1) is 13.8. The molecule has 2 nitrogen and oxygen atoms in total. The minimum absolute atomic E-state index is 0.211. The van der Waals surface area contributed by atoms with Gasteiger partial charge in [-0.2, -0.15) is 0 Å². The second kappa shape index (κ2) is 6.50. The summed E-state index contributed by atoms with van der Waals surface area (Å²) >= 11 is 5.79. The maximum atomic E-state index is 13.1. The van der Waals surface area contributed by atoms with Gasteiger partial charge in [-0.3, -0.25) is 0 Å². The van der Waals surface area contributed by atoms with E-state index in [0.29, 0.717) is 0 Å². The Morgan fingerprint density at radius 3 is 2.78 bits per heavy atom. The van der Waals surface area contributed by atoms with Gasteiger partial charge < -0.3 is 10.2 Å². The maximum Gasteiger partial charge on any atom is 0.141 e. The van der Waals surface area contributed by atoms with Gasteiger partial charge in [0.1, 0.15) is 5.82 Å². The average Bonchev–Trinajstić information content (AvgIpc) is 2.35. The largest absolute Gasteiger partial charge is 0.317 e. The zero-order valence-corrected chi connectivity index (χ0v) is 11.5. The molecular formula is C14H20ClFN2. The summed E-state index contributed by atoms with van der Waals surface area (Å²) in [5.41, 5.74) is 1.07. The van der Waals surface area contributed by atoms with Gasteiger partial charge in [0.15, 0.2) is 0 Å². The highest BCUT2D eigenvalue weighted by molar-refractivity contribution is 6.30. The summed E-state index contributed by atoms with van der Waals surface area (Å²) in [5.74, 6) is 0.425. The van der Waals surface area contributed by atoms with Crippen LogP contribution in [-0.2, 0) is 6.54 Å². The highest BCUT2D eigenvalue weighted by Crippen LogP contribution is 2.18. The fourth-order valence-electron chi connectivity index (χ4n) is 2.52. The molecule has 1 aliphatic heterocycles. The number of nitrogens with zero attached hydrogens (tertiary/aromatic N) is 1. The number of hydrogen-bond acceptors (Lipinski definition) is 2. The van der Waals surface area contributed by atoms with Gasteiger partial charge in [0.25, 0.3) is 0 Å². The third-order valence-electron chi connectivity index (χ3n) is 3.47. The van der Waals surface area contributed by atoms with Gasteiger partial charge in [-0.05, 0) is 56.6 Å². The van der Waals surface area contributed by atoms with Crippen LogP contribution in [0.2, 0.25) is 5.02 Å². The van der Waals surface area contributed by atoms with Crippen molar-refractivity contribution in [1.29, 1.82) is 0 Å². The minimum Gasteiger partial charge on any atom is -0.317 e. The molecule has 0 amide bonds. The fourth-order valence-corrected chi connectivity index (χ4v) is 2.72. The van der Waals surface area contributed by atoms with Crippen LogP contribution in [0.1, 0.15) is 18.4 Å². The molecule has 1 N–H and O–H groups in total. The Bertz CT molecular complexity index is 391. The van der Waals surface area contributed by atoms with E-state index in [1.54, 1.807) is 12.1 Å². The number of piperidine rings is 1. The monoisotopic (exact) mass is 270 g/mol. The van der Waals surface area contributed by atoms with E-state index in [2.05, 4.69) is 17.3 Å². The summed E-state index contributed by atoms with van der Waals surface area (Å²) in [5, 5.41) is 3.58. The zero-order valence-electron chi connectivity index (χ0n) is 10.8. The van der Waals surface area contributed by atoms with Crippen molar-refractivity contribution >= 4 is 11.6 Å². The lowest BCUT2D eigenvalue weighted by molar-refractivity contribution is 0.234. The van der Waals surface area contributed by atoms with Crippen molar-refractivity contribution in [3.63, 3.8) is 0 Å². The Kier molecular flexibility index (Phi) is 4.98. The van der Waals surface area contributed by atoms with Crippen LogP contribution in [0, 0.1) is 11.7 Å². The van der Waals surface area contributed by atoms with Crippen LogP contribution in [0.3, 0.4) is 0 Å². The number of hydrogen-bond donors (Lipinski definition) is 1. The molecule has 0 radical (unpaired) electrons. The Hall–Kier alpha value is -0.640. The standard InChI is InChI=1S/C14H20ClFN2/c1-18(9-11-4-6-17-7-5-11)10-12-2-3-14(16)13(15)8-12/h2-3,8,11,17H,4-7,9-10H2,1H3. The van der Waals surface area contributed by atoms with Crippen LogP contribution in [-0.4, -0.2) is 31.6 Å². The van der Waals surface area contributed by atoms with E-state index in [1.165, 1.54) is 18.9 Å². The van der Waals surface area contributed by atoms with Crippen molar-refractivity contribution in [2.24, 2.45) is 5.92 Å². The van der Waals surface area contributed by atoms with Gasteiger partial charge >= 0.3 is 0 Å². The molecule has 2 rings (SSSR count). The Labute approximate surface area is 113 Å². The van der Waals surface area contributed by atoms with E-state index < -0.39 is 0 Å². The lowest BCUT2D eigenvalue weighted by Gasteiger charge is -2.27. The third-order valence-corrected chi connectivity index (χ3v) is 3.75. The smallest absolute Gasteiger partial charge is 0.141 e. The molecule has 100 valence electrons. The molecule has 1 aromatic carbocycles. The summed E-state index contributed by atoms with van der Waals surface area (Å²) in [6, 6.07) is 4.96. The second-order valence-corrected chi connectivity index (χ2v) is 5.55. The maximum absolute atomic E-state index is 13.1. The van der Waals surface area contributed by atoms with Gasteiger partial charge in [0, 0.05) is 13.1 Å². The molecule has 0 atom stereocenters. The van der Waals surface area contributed by atoms with Crippen molar-refractivity contribution in [2.45, 2.75) is 19.4 Å². The molecular weight excluding hydrogens is 251 g/mol. The van der Waals surface area contributed by atoms with Crippen molar-refractivity contribution in [2.75, 3.05) is 26.7 Å². The number of nitrogens with one attached hydrogen (secondary N) is 1. The lowest BCUT2D eigenvalue weighted by atomic mass is 9.97. The Morgan fingerprint density at radius 1 is 1.39 bits per heavy atom. The van der Waals surface area contributed by atoms with E-state index in [4.69, 9.17) is 11.6 Å². The normalized spacial score (nSPS) is 17.3. The van der Waals surface area contributed by atoms with E-state index in [-0.39, 0.29) is 10.8 Å². The number of halogens is 2.